The van der Waals surface area contributed by atoms with Crippen molar-refractivity contribution in [1.82, 2.24) is 21.3 Å². The smallest absolute Gasteiger partial charge is 0.426 e. The number of rotatable bonds is 10. The van der Waals surface area contributed by atoms with E-state index >= 15 is 0 Å². The van der Waals surface area contributed by atoms with Crippen LogP contribution in [0, 0.1) is 0 Å². The van der Waals surface area contributed by atoms with E-state index in [1.807, 2.05) is 0 Å². The van der Waals surface area contributed by atoms with Crippen LogP contribution in [0.3, 0.4) is 0 Å². The number of carbonyl (C=O) groups is 4. The molecule has 166 valence electrons. The van der Waals surface area contributed by atoms with E-state index in [2.05, 4.69) is 47.7 Å². The fourth-order valence-electron chi connectivity index (χ4n) is 2.02. The summed E-state index contributed by atoms with van der Waals surface area (Å²) in [6, 6.07) is 7.93. The lowest BCUT2D eigenvalue weighted by atomic mass is 9.92. The van der Waals surface area contributed by atoms with Crippen LogP contribution in [-0.2, 0) is 20.8 Å². The van der Waals surface area contributed by atoms with Gasteiger partial charge in [-0.3, -0.25) is 19.2 Å². The van der Waals surface area contributed by atoms with Gasteiger partial charge in [-0.2, -0.15) is 0 Å². The maximum Gasteiger partial charge on any atom is 0.472 e. The maximum atomic E-state index is 12.4. The summed E-state index contributed by atoms with van der Waals surface area (Å²) in [5.41, 5.74) is 0.782. The van der Waals surface area contributed by atoms with Gasteiger partial charge in [-0.25, -0.2) is 0 Å². The monoisotopic (exact) mass is 440 g/mol. The molecule has 0 saturated heterocycles. The van der Waals surface area contributed by atoms with Gasteiger partial charge >= 0.3 is 7.12 Å². The zero-order valence-electron chi connectivity index (χ0n) is 17.1. The van der Waals surface area contributed by atoms with Crippen LogP contribution in [0.2, 0.25) is 0 Å². The first-order valence-electron chi connectivity index (χ1n) is 9.40. The minimum atomic E-state index is -1.70. The van der Waals surface area contributed by atoms with Crippen molar-refractivity contribution in [2.45, 2.75) is 32.7 Å². The Morgan fingerprint density at radius 1 is 0.967 bits per heavy atom. The Labute approximate surface area is 181 Å². The molecule has 0 aliphatic carbocycles. The third-order valence-corrected chi connectivity index (χ3v) is 3.40. The first-order chi connectivity index (χ1) is 14.2. The molecule has 1 atom stereocenters. The minimum absolute atomic E-state index is 0.171. The SMILES string of the molecule is CCC.O=C(S)NCC(=O)NC(Cc1ccccc1)C(=O)NCC(=O)NCB(O)O. The Hall–Kier alpha value is -2.57. The molecular formula is C18H29BN4O6S. The van der Waals surface area contributed by atoms with E-state index in [4.69, 9.17) is 10.0 Å². The zero-order valence-corrected chi connectivity index (χ0v) is 17.9. The van der Waals surface area contributed by atoms with Crippen molar-refractivity contribution in [3.8, 4) is 0 Å². The Morgan fingerprint density at radius 3 is 2.07 bits per heavy atom. The molecule has 1 aromatic carbocycles. The molecule has 0 fully saturated rings. The van der Waals surface area contributed by atoms with Crippen molar-refractivity contribution in [3.05, 3.63) is 35.9 Å². The van der Waals surface area contributed by atoms with E-state index < -0.39 is 42.7 Å². The highest BCUT2D eigenvalue weighted by atomic mass is 32.1. The molecule has 0 heterocycles. The lowest BCUT2D eigenvalue weighted by Gasteiger charge is -2.18. The third kappa shape index (κ3) is 14.4. The summed E-state index contributed by atoms with van der Waals surface area (Å²) >= 11 is 3.48. The van der Waals surface area contributed by atoms with E-state index in [9.17, 15) is 19.2 Å². The number of hydrogen-bond acceptors (Lipinski definition) is 6. The molecule has 1 rings (SSSR count). The highest BCUT2D eigenvalue weighted by Crippen LogP contribution is 2.03. The van der Waals surface area contributed by atoms with Crippen LogP contribution < -0.4 is 21.3 Å². The largest absolute Gasteiger partial charge is 0.472 e. The summed E-state index contributed by atoms with van der Waals surface area (Å²) in [5, 5.41) is 25.9. The number of benzene rings is 1. The Balaban J connectivity index is 0.00000263. The predicted octanol–water partition coefficient (Wildman–Crippen LogP) is -0.986. The fraction of sp³-hybridized carbons (Fsp3) is 0.444. The van der Waals surface area contributed by atoms with Crippen LogP contribution >= 0.6 is 12.6 Å². The van der Waals surface area contributed by atoms with E-state index in [1.165, 1.54) is 6.42 Å². The second-order valence-corrected chi connectivity index (χ2v) is 6.58. The van der Waals surface area contributed by atoms with Gasteiger partial charge in [-0.1, -0.05) is 63.2 Å². The molecule has 10 nitrogen and oxygen atoms in total. The molecule has 0 aromatic heterocycles. The Morgan fingerprint density at radius 2 is 1.53 bits per heavy atom. The molecule has 0 spiro atoms. The highest BCUT2D eigenvalue weighted by molar-refractivity contribution is 7.96. The van der Waals surface area contributed by atoms with Gasteiger partial charge in [0.2, 0.25) is 17.7 Å². The first kappa shape index (κ1) is 27.4. The van der Waals surface area contributed by atoms with Crippen molar-refractivity contribution < 1.29 is 29.2 Å². The molecule has 0 aliphatic rings. The number of nitrogens with one attached hydrogen (secondary N) is 4. The van der Waals surface area contributed by atoms with Crippen molar-refractivity contribution >= 4 is 42.7 Å². The van der Waals surface area contributed by atoms with E-state index in [0.717, 1.165) is 5.56 Å². The molecule has 1 unspecified atom stereocenters. The van der Waals surface area contributed by atoms with Crippen LogP contribution in [0.4, 0.5) is 4.79 Å². The van der Waals surface area contributed by atoms with Gasteiger partial charge < -0.3 is 31.3 Å². The Kier molecular flexibility index (Phi) is 14.9. The molecule has 1 aromatic rings. The fourth-order valence-corrected chi connectivity index (χ4v) is 2.10. The average Bonchev–Trinajstić information content (AvgIpc) is 2.69. The second-order valence-electron chi connectivity index (χ2n) is 6.18. The summed E-state index contributed by atoms with van der Waals surface area (Å²) in [5.74, 6) is -1.82. The normalized spacial score (nSPS) is 10.6. The zero-order chi connectivity index (χ0) is 22.9. The standard InChI is InChI=1S/C15H21BN4O6S.C3H8/c21-12(19-9-16(25)26)7-17-14(23)11(6-10-4-2-1-3-5-10)20-13(22)8-18-15(24)27;1-3-2/h1-5,11,25-26H,6-9H2,(H,17,23)(H,19,21)(H,20,22)(H2,18,24,27);3H2,1-2H3. The highest BCUT2D eigenvalue weighted by Gasteiger charge is 2.22. The topological polar surface area (TPSA) is 157 Å². The summed E-state index contributed by atoms with van der Waals surface area (Å²) < 4.78 is 0. The predicted molar refractivity (Wildman–Crippen MR) is 117 cm³/mol. The van der Waals surface area contributed by atoms with Gasteiger partial charge in [0.1, 0.15) is 6.04 Å². The first-order valence-corrected chi connectivity index (χ1v) is 9.84. The van der Waals surface area contributed by atoms with Crippen molar-refractivity contribution in [1.29, 1.82) is 0 Å². The van der Waals surface area contributed by atoms with Crippen LogP contribution in [-0.4, -0.2) is 65.7 Å². The molecular weight excluding hydrogens is 411 g/mol. The van der Waals surface area contributed by atoms with Gasteiger partial charge in [0, 0.05) is 6.42 Å². The van der Waals surface area contributed by atoms with E-state index in [-0.39, 0.29) is 19.4 Å². The lowest BCUT2D eigenvalue weighted by molar-refractivity contribution is -0.130. The molecule has 0 bridgehead atoms. The number of amides is 4. The van der Waals surface area contributed by atoms with Crippen molar-refractivity contribution in [3.63, 3.8) is 0 Å². The summed E-state index contributed by atoms with van der Waals surface area (Å²) in [4.78, 5) is 46.6. The molecule has 30 heavy (non-hydrogen) atoms. The van der Waals surface area contributed by atoms with Gasteiger partial charge in [-0.05, 0) is 5.56 Å². The van der Waals surface area contributed by atoms with Crippen LogP contribution in [0.15, 0.2) is 30.3 Å². The molecule has 12 heteroatoms. The van der Waals surface area contributed by atoms with E-state index in [1.54, 1.807) is 30.3 Å². The summed E-state index contributed by atoms with van der Waals surface area (Å²) in [6.45, 7) is 3.50. The van der Waals surface area contributed by atoms with Gasteiger partial charge in [0.15, 0.2) is 0 Å². The number of thiol groups is 1. The maximum absolute atomic E-state index is 12.4. The quantitative estimate of drug-likeness (QED) is 0.183. The lowest BCUT2D eigenvalue weighted by Crippen LogP contribution is -2.52. The third-order valence-electron chi connectivity index (χ3n) is 3.24. The van der Waals surface area contributed by atoms with Crippen LogP contribution in [0.1, 0.15) is 25.8 Å². The summed E-state index contributed by atoms with van der Waals surface area (Å²) in [6.07, 6.45) is 1.05. The molecule has 4 amide bonds. The minimum Gasteiger partial charge on any atom is -0.426 e. The number of carbonyl (C=O) groups excluding carboxylic acids is 4. The molecule has 6 N–H and O–H groups in total. The van der Waals surface area contributed by atoms with Crippen molar-refractivity contribution in [2.75, 3.05) is 19.5 Å². The Bertz CT molecular complexity index is 678. The summed E-state index contributed by atoms with van der Waals surface area (Å²) in [7, 11) is -1.70. The van der Waals surface area contributed by atoms with Crippen molar-refractivity contribution in [2.24, 2.45) is 0 Å². The van der Waals surface area contributed by atoms with Gasteiger partial charge in [0.25, 0.3) is 5.24 Å². The number of hydrogen-bond donors (Lipinski definition) is 7. The average molecular weight is 440 g/mol. The molecule has 0 radical (unpaired) electrons. The second kappa shape index (κ2) is 16.3. The van der Waals surface area contributed by atoms with Gasteiger partial charge in [0.05, 0.1) is 19.5 Å². The molecule has 0 saturated carbocycles. The molecule has 0 aliphatic heterocycles. The van der Waals surface area contributed by atoms with Crippen LogP contribution in [0.25, 0.3) is 0 Å². The van der Waals surface area contributed by atoms with E-state index in [0.29, 0.717) is 0 Å². The van der Waals surface area contributed by atoms with Crippen LogP contribution in [0.5, 0.6) is 0 Å². The van der Waals surface area contributed by atoms with Gasteiger partial charge in [-0.15, -0.1) is 0 Å².